The van der Waals surface area contributed by atoms with Crippen molar-refractivity contribution in [1.29, 1.82) is 0 Å². The zero-order valence-corrected chi connectivity index (χ0v) is 44.2. The van der Waals surface area contributed by atoms with Crippen LogP contribution >= 0.6 is 34.5 Å². The molecule has 0 saturated carbocycles. The Morgan fingerprint density at radius 2 is 1.57 bits per heavy atom. The number of rotatable bonds is 18. The van der Waals surface area contributed by atoms with Crippen molar-refractivity contribution in [2.24, 2.45) is 0 Å². The summed E-state index contributed by atoms with van der Waals surface area (Å²) >= 11 is 16.0. The Balaban J connectivity index is 1.03. The molecule has 17 nitrogen and oxygen atoms in total. The molecule has 0 amide bonds. The Hall–Kier alpha value is -6.29. The number of likely N-dealkylation sites (N-methyl/N-ethyl adjacent to an activating group) is 1. The molecule has 21 heteroatoms. The minimum absolute atomic E-state index is 0.00268. The number of benzene rings is 3. The fraction of sp³-hybridized carbons (Fsp3) is 0.370. The van der Waals surface area contributed by atoms with Crippen LogP contribution in [0.2, 0.25) is 10.0 Å². The monoisotopic (exact) mass is 1080 g/mol. The van der Waals surface area contributed by atoms with E-state index < -0.39 is 24.0 Å². The van der Waals surface area contributed by atoms with Crippen LogP contribution in [0.15, 0.2) is 79.4 Å². The summed E-state index contributed by atoms with van der Waals surface area (Å²) in [6.07, 6.45) is 2.36. The molecule has 0 spiro atoms. The van der Waals surface area contributed by atoms with Crippen molar-refractivity contribution < 1.29 is 52.2 Å². The fourth-order valence-electron chi connectivity index (χ4n) is 8.75. The van der Waals surface area contributed by atoms with E-state index >= 15 is 0 Å². The molecule has 1 N–H and O–H groups in total. The predicted octanol–water partition coefficient (Wildman–Crippen LogP) is 9.04. The Morgan fingerprint density at radius 3 is 2.29 bits per heavy atom. The van der Waals surface area contributed by atoms with E-state index in [1.54, 1.807) is 62.0 Å². The summed E-state index contributed by atoms with van der Waals surface area (Å²) in [5.74, 6) is 0.304. The van der Waals surface area contributed by atoms with Crippen molar-refractivity contribution in [2.75, 3.05) is 93.1 Å². The van der Waals surface area contributed by atoms with Crippen LogP contribution in [0.3, 0.4) is 0 Å². The summed E-state index contributed by atoms with van der Waals surface area (Å²) in [5.41, 5.74) is 4.90. The van der Waals surface area contributed by atoms with Crippen LogP contribution < -0.4 is 23.7 Å². The van der Waals surface area contributed by atoms with E-state index in [0.29, 0.717) is 135 Å². The van der Waals surface area contributed by atoms with E-state index in [1.165, 1.54) is 29.8 Å². The lowest BCUT2D eigenvalue weighted by Gasteiger charge is -2.35. The van der Waals surface area contributed by atoms with Crippen LogP contribution in [0, 0.1) is 19.7 Å². The number of nitrogens with zero attached hydrogens (tertiary/aromatic N) is 7. The number of methoxy groups -OCH3 is 1. The van der Waals surface area contributed by atoms with Gasteiger partial charge in [0.05, 0.1) is 54.2 Å². The third kappa shape index (κ3) is 13.0. The first kappa shape index (κ1) is 53.5. The number of aliphatic carboxylic acids is 1. The van der Waals surface area contributed by atoms with E-state index in [2.05, 4.69) is 36.8 Å². The van der Waals surface area contributed by atoms with Crippen molar-refractivity contribution in [3.05, 3.63) is 118 Å². The number of ether oxygens (including phenoxy) is 8. The van der Waals surface area contributed by atoms with Crippen molar-refractivity contribution >= 4 is 50.7 Å². The molecule has 10 rings (SSSR count). The standard InChI is InChI=1S/C54H56Cl2FN7O10S/c1-32-44-33(2)48(56)49(47(32)55)73-40(28-64-17-15-63(3)16-18-64)30-71-39-10-11-41(72-29-38-13-14-58-51(62-38)35-7-12-43(59-27-35)70-24-23-69-22-21-68-20-19-67-4)36(25-39)26-42(54(65)66)74-52-46-45(44)50(75-53(46)61-31-60-52)34-5-8-37(57)9-6-34/h5-14,25,27,31,40,42H,15-24,26,28-30H2,1-4H3,(H,65,66)/t40-,42-/m1/s1. The minimum atomic E-state index is -1.49. The number of carboxylic acid groups (broad SMARTS) is 1. The van der Waals surface area contributed by atoms with Crippen LogP contribution in [0.1, 0.15) is 22.4 Å². The number of piperazine rings is 1. The molecule has 4 bridgehead atoms. The number of aromatic nitrogens is 5. The van der Waals surface area contributed by atoms with Gasteiger partial charge in [0.1, 0.15) is 54.4 Å². The highest BCUT2D eigenvalue weighted by molar-refractivity contribution is 7.22. The van der Waals surface area contributed by atoms with Gasteiger partial charge in [-0.3, -0.25) is 4.90 Å². The van der Waals surface area contributed by atoms with Crippen LogP contribution in [0.5, 0.6) is 29.0 Å². The maximum absolute atomic E-state index is 14.4. The second kappa shape index (κ2) is 25.0. The number of pyridine rings is 1. The second-order valence-electron chi connectivity index (χ2n) is 17.9. The lowest BCUT2D eigenvalue weighted by molar-refractivity contribution is -0.145. The zero-order chi connectivity index (χ0) is 52.4. The highest BCUT2D eigenvalue weighted by Gasteiger charge is 2.32. The Labute approximate surface area is 447 Å². The average molecular weight is 1090 g/mol. The maximum Gasteiger partial charge on any atom is 0.345 e. The molecule has 0 unspecified atom stereocenters. The fourth-order valence-corrected chi connectivity index (χ4v) is 10.4. The molecule has 7 aromatic rings. The molecule has 1 fully saturated rings. The van der Waals surface area contributed by atoms with Gasteiger partial charge in [0, 0.05) is 86.3 Å². The lowest BCUT2D eigenvalue weighted by Crippen LogP contribution is -2.49. The van der Waals surface area contributed by atoms with Crippen molar-refractivity contribution in [3.63, 3.8) is 0 Å². The molecule has 0 radical (unpaired) electrons. The van der Waals surface area contributed by atoms with Crippen LogP contribution in [-0.4, -0.2) is 151 Å². The van der Waals surface area contributed by atoms with E-state index in [4.69, 9.17) is 66.1 Å². The molecular weight excluding hydrogens is 1030 g/mol. The molecule has 7 heterocycles. The minimum Gasteiger partial charge on any atom is -0.490 e. The first-order valence-electron chi connectivity index (χ1n) is 24.4. The van der Waals surface area contributed by atoms with Crippen molar-refractivity contribution in [3.8, 4) is 62.0 Å². The number of thiophene rings is 1. The van der Waals surface area contributed by atoms with Crippen LogP contribution in [0.4, 0.5) is 4.39 Å². The molecule has 3 aliphatic heterocycles. The molecular formula is C54H56Cl2FN7O10S. The van der Waals surface area contributed by atoms with Gasteiger partial charge < -0.3 is 47.9 Å². The largest absolute Gasteiger partial charge is 0.490 e. The van der Waals surface area contributed by atoms with Gasteiger partial charge in [-0.05, 0) is 85.6 Å². The van der Waals surface area contributed by atoms with E-state index in [1.807, 2.05) is 19.9 Å². The van der Waals surface area contributed by atoms with Gasteiger partial charge in [-0.2, -0.15) is 0 Å². The average Bonchev–Trinajstić information content (AvgIpc) is 3.82. The molecule has 0 aliphatic carbocycles. The summed E-state index contributed by atoms with van der Waals surface area (Å²) in [4.78, 5) is 42.0. The first-order valence-corrected chi connectivity index (χ1v) is 25.9. The Bertz CT molecular complexity index is 3060. The molecule has 75 heavy (non-hydrogen) atoms. The predicted molar refractivity (Wildman–Crippen MR) is 282 cm³/mol. The van der Waals surface area contributed by atoms with Gasteiger partial charge in [-0.15, -0.1) is 11.3 Å². The van der Waals surface area contributed by atoms with E-state index in [0.717, 1.165) is 26.2 Å². The third-order valence-electron chi connectivity index (χ3n) is 12.7. The van der Waals surface area contributed by atoms with E-state index in [9.17, 15) is 14.3 Å². The first-order chi connectivity index (χ1) is 36.4. The molecule has 4 aromatic heterocycles. The molecule has 1 saturated heterocycles. The Morgan fingerprint density at radius 1 is 0.840 bits per heavy atom. The van der Waals surface area contributed by atoms with Crippen molar-refractivity contribution in [2.45, 2.75) is 39.1 Å². The SMILES string of the molecule is COCCOCCOCCOc1ccc(-c2nccc(COc3ccc4cc3C[C@H](C(=O)O)Oc3ncnc5sc(-c6ccc(F)cc6)c(c35)-c3c(C)c(Cl)c(c(Cl)c3C)O[C@H](CN3CCN(C)CC3)CO4)n2)cn1. The van der Waals surface area contributed by atoms with Gasteiger partial charge in [0.15, 0.2) is 11.6 Å². The second-order valence-corrected chi connectivity index (χ2v) is 19.7. The zero-order valence-electron chi connectivity index (χ0n) is 41.9. The van der Waals surface area contributed by atoms with Crippen molar-refractivity contribution in [1.82, 2.24) is 34.7 Å². The van der Waals surface area contributed by atoms with Crippen LogP contribution in [0.25, 0.3) is 43.2 Å². The van der Waals surface area contributed by atoms with Gasteiger partial charge in [0.25, 0.3) is 0 Å². The number of carboxylic acids is 1. The third-order valence-corrected chi connectivity index (χ3v) is 14.8. The topological polar surface area (TPSA) is 182 Å². The number of hydrogen-bond donors (Lipinski definition) is 1. The molecule has 3 aromatic carbocycles. The summed E-state index contributed by atoms with van der Waals surface area (Å²) in [5, 5.41) is 11.9. The van der Waals surface area contributed by atoms with Crippen LogP contribution in [-0.2, 0) is 32.0 Å². The van der Waals surface area contributed by atoms with E-state index in [-0.39, 0.29) is 35.6 Å². The number of fused-ring (bicyclic) bond motifs is 7. The number of carbonyl (C=O) groups is 1. The quantitative estimate of drug-likeness (QED) is 0.0803. The van der Waals surface area contributed by atoms with Gasteiger partial charge in [-0.1, -0.05) is 35.3 Å². The normalized spacial score (nSPS) is 16.3. The maximum atomic E-state index is 14.4. The molecule has 2 atom stereocenters. The summed E-state index contributed by atoms with van der Waals surface area (Å²) in [6, 6.07) is 16.6. The highest BCUT2D eigenvalue weighted by Crippen LogP contribution is 2.53. The lowest BCUT2D eigenvalue weighted by atomic mass is 9.92. The molecule has 3 aliphatic rings. The summed E-state index contributed by atoms with van der Waals surface area (Å²) in [7, 11) is 3.72. The van der Waals surface area contributed by atoms with Gasteiger partial charge >= 0.3 is 5.97 Å². The smallest absolute Gasteiger partial charge is 0.345 e. The summed E-state index contributed by atoms with van der Waals surface area (Å²) in [6.45, 7) is 10.4. The number of halogens is 3. The van der Waals surface area contributed by atoms with Gasteiger partial charge in [-0.25, -0.2) is 34.1 Å². The Kier molecular flexibility index (Phi) is 17.9. The highest BCUT2D eigenvalue weighted by atomic mass is 35.5. The summed E-state index contributed by atoms with van der Waals surface area (Å²) < 4.78 is 62.4. The number of hydrogen-bond acceptors (Lipinski definition) is 17. The molecule has 394 valence electrons. The van der Waals surface area contributed by atoms with Gasteiger partial charge in [0.2, 0.25) is 17.9 Å².